The zero-order chi connectivity index (χ0) is 15.6. The van der Waals surface area contributed by atoms with Crippen molar-refractivity contribution < 1.29 is 13.9 Å². The highest BCUT2D eigenvalue weighted by Crippen LogP contribution is 2.25. The van der Waals surface area contributed by atoms with Gasteiger partial charge in [-0.25, -0.2) is 14.2 Å². The second-order valence-corrected chi connectivity index (χ2v) is 4.19. The molecule has 0 saturated heterocycles. The van der Waals surface area contributed by atoms with Gasteiger partial charge in [-0.15, -0.1) is 0 Å². The lowest BCUT2D eigenvalue weighted by Gasteiger charge is -2.10. The van der Waals surface area contributed by atoms with Crippen LogP contribution in [0.5, 0.6) is 0 Å². The lowest BCUT2D eigenvalue weighted by molar-refractivity contribution is 0.0521. The molecular formula is C14H13FN4O2. The number of aryl methyl sites for hydroxylation is 1. The zero-order valence-electron chi connectivity index (χ0n) is 11.6. The molecule has 1 aromatic carbocycles. The minimum Gasteiger partial charge on any atom is -0.461 e. The van der Waals surface area contributed by atoms with Crippen LogP contribution in [-0.4, -0.2) is 22.1 Å². The molecule has 108 valence electrons. The molecule has 0 amide bonds. The van der Waals surface area contributed by atoms with Gasteiger partial charge in [0.2, 0.25) is 0 Å². The number of nitrogen functional groups attached to an aromatic ring is 1. The summed E-state index contributed by atoms with van der Waals surface area (Å²) < 4.78 is 19.9. The molecule has 2 N–H and O–H groups in total. The summed E-state index contributed by atoms with van der Waals surface area (Å²) in [5.74, 6) is -0.961. The standard InChI is InChI=1S/C14H13FN4O2/c1-3-21-14(20)12-13(17)19(8(2)18-12)11-6-4-5-10(15)9(11)7-16/h4-6H,3,17H2,1-2H3. The molecule has 0 spiro atoms. The topological polar surface area (TPSA) is 93.9 Å². The fraction of sp³-hybridized carbons (Fsp3) is 0.214. The lowest BCUT2D eigenvalue weighted by Crippen LogP contribution is -2.10. The van der Waals surface area contributed by atoms with Crippen molar-refractivity contribution in [2.45, 2.75) is 13.8 Å². The van der Waals surface area contributed by atoms with Gasteiger partial charge >= 0.3 is 5.97 Å². The number of benzene rings is 1. The van der Waals surface area contributed by atoms with E-state index in [4.69, 9.17) is 15.7 Å². The second-order valence-electron chi connectivity index (χ2n) is 4.19. The van der Waals surface area contributed by atoms with Gasteiger partial charge in [0.1, 0.15) is 29.1 Å². The molecule has 1 aromatic heterocycles. The number of hydrogen-bond donors (Lipinski definition) is 1. The van der Waals surface area contributed by atoms with Crippen LogP contribution in [0.1, 0.15) is 28.8 Å². The molecule has 0 saturated carbocycles. The SMILES string of the molecule is CCOC(=O)c1nc(C)n(-c2cccc(F)c2C#N)c1N. The van der Waals surface area contributed by atoms with Crippen molar-refractivity contribution >= 4 is 11.8 Å². The van der Waals surface area contributed by atoms with Crippen molar-refractivity contribution in [2.75, 3.05) is 12.3 Å². The molecule has 0 fully saturated rings. The number of imidazole rings is 1. The number of nitrogens with two attached hydrogens (primary N) is 1. The minimum atomic E-state index is -0.666. The first-order valence-corrected chi connectivity index (χ1v) is 6.22. The number of esters is 1. The molecule has 1 heterocycles. The van der Waals surface area contributed by atoms with Crippen molar-refractivity contribution in [3.05, 3.63) is 41.1 Å². The van der Waals surface area contributed by atoms with Gasteiger partial charge in [-0.1, -0.05) is 6.07 Å². The van der Waals surface area contributed by atoms with E-state index in [2.05, 4.69) is 4.98 Å². The van der Waals surface area contributed by atoms with Crippen LogP contribution in [0.3, 0.4) is 0 Å². The number of rotatable bonds is 3. The highest BCUT2D eigenvalue weighted by molar-refractivity contribution is 5.92. The molecule has 0 unspecified atom stereocenters. The number of halogens is 1. The smallest absolute Gasteiger partial charge is 0.360 e. The maximum absolute atomic E-state index is 13.7. The average Bonchev–Trinajstić information content (AvgIpc) is 2.74. The van der Waals surface area contributed by atoms with Crippen LogP contribution in [0.4, 0.5) is 10.2 Å². The number of ether oxygens (including phenoxy) is 1. The number of anilines is 1. The number of nitriles is 1. The van der Waals surface area contributed by atoms with Gasteiger partial charge < -0.3 is 10.5 Å². The maximum Gasteiger partial charge on any atom is 0.360 e. The van der Waals surface area contributed by atoms with Crippen LogP contribution in [0.15, 0.2) is 18.2 Å². The minimum absolute atomic E-state index is 0.00745. The van der Waals surface area contributed by atoms with Crippen LogP contribution < -0.4 is 5.73 Å². The highest BCUT2D eigenvalue weighted by atomic mass is 19.1. The van der Waals surface area contributed by atoms with Crippen LogP contribution in [0.2, 0.25) is 0 Å². The average molecular weight is 288 g/mol. The largest absolute Gasteiger partial charge is 0.461 e. The lowest BCUT2D eigenvalue weighted by atomic mass is 10.2. The maximum atomic E-state index is 13.7. The molecule has 0 aliphatic carbocycles. The summed E-state index contributed by atoms with van der Waals surface area (Å²) in [5, 5.41) is 9.09. The molecule has 6 nitrogen and oxygen atoms in total. The third kappa shape index (κ3) is 2.43. The van der Waals surface area contributed by atoms with E-state index in [9.17, 15) is 9.18 Å². The van der Waals surface area contributed by atoms with Crippen molar-refractivity contribution in [1.29, 1.82) is 5.26 Å². The summed E-state index contributed by atoms with van der Waals surface area (Å²) in [6, 6.07) is 5.94. The van der Waals surface area contributed by atoms with E-state index in [-0.39, 0.29) is 29.4 Å². The molecule has 2 rings (SSSR count). The van der Waals surface area contributed by atoms with Crippen LogP contribution in [-0.2, 0) is 4.74 Å². The Morgan fingerprint density at radius 3 is 2.90 bits per heavy atom. The van der Waals surface area contributed by atoms with E-state index in [1.165, 1.54) is 22.8 Å². The number of aromatic nitrogens is 2. The summed E-state index contributed by atoms with van der Waals surface area (Å²) in [6.07, 6.45) is 0. The second kappa shape index (κ2) is 5.63. The van der Waals surface area contributed by atoms with Gasteiger partial charge in [0.05, 0.1) is 12.3 Å². The van der Waals surface area contributed by atoms with E-state index >= 15 is 0 Å². The summed E-state index contributed by atoms with van der Waals surface area (Å²) >= 11 is 0. The highest BCUT2D eigenvalue weighted by Gasteiger charge is 2.22. The van der Waals surface area contributed by atoms with Crippen molar-refractivity contribution in [3.63, 3.8) is 0 Å². The van der Waals surface area contributed by atoms with Crippen LogP contribution in [0.25, 0.3) is 5.69 Å². The third-order valence-corrected chi connectivity index (χ3v) is 2.89. The molecule has 21 heavy (non-hydrogen) atoms. The Hall–Kier alpha value is -2.88. The van der Waals surface area contributed by atoms with Gasteiger partial charge in [-0.05, 0) is 26.0 Å². The predicted molar refractivity (Wildman–Crippen MR) is 73.3 cm³/mol. The number of carbonyl (C=O) groups is 1. The van der Waals surface area contributed by atoms with Crippen LogP contribution in [0, 0.1) is 24.1 Å². The fourth-order valence-corrected chi connectivity index (χ4v) is 2.01. The van der Waals surface area contributed by atoms with Crippen molar-refractivity contribution in [3.8, 4) is 11.8 Å². The van der Waals surface area contributed by atoms with E-state index in [0.29, 0.717) is 5.82 Å². The first-order chi connectivity index (χ1) is 10.0. The first-order valence-electron chi connectivity index (χ1n) is 6.22. The number of carbonyl (C=O) groups excluding carboxylic acids is 1. The zero-order valence-corrected chi connectivity index (χ0v) is 11.6. The van der Waals surface area contributed by atoms with Crippen molar-refractivity contribution in [2.24, 2.45) is 0 Å². The molecule has 0 bridgehead atoms. The number of hydrogen-bond acceptors (Lipinski definition) is 5. The summed E-state index contributed by atoms with van der Waals surface area (Å²) in [6.45, 7) is 3.46. The summed E-state index contributed by atoms with van der Waals surface area (Å²) in [7, 11) is 0. The van der Waals surface area contributed by atoms with Gasteiger partial charge in [-0.2, -0.15) is 5.26 Å². The fourth-order valence-electron chi connectivity index (χ4n) is 2.01. The Kier molecular flexibility index (Phi) is 3.89. The quantitative estimate of drug-likeness (QED) is 0.871. The van der Waals surface area contributed by atoms with E-state index in [0.717, 1.165) is 0 Å². The van der Waals surface area contributed by atoms with E-state index in [1.807, 2.05) is 0 Å². The third-order valence-electron chi connectivity index (χ3n) is 2.89. The molecule has 2 aromatic rings. The normalized spacial score (nSPS) is 10.2. The Labute approximate surface area is 120 Å². The molecular weight excluding hydrogens is 275 g/mol. The van der Waals surface area contributed by atoms with Gasteiger partial charge in [0, 0.05) is 0 Å². The Morgan fingerprint density at radius 2 is 2.29 bits per heavy atom. The summed E-state index contributed by atoms with van der Waals surface area (Å²) in [4.78, 5) is 15.8. The molecule has 0 radical (unpaired) electrons. The summed E-state index contributed by atoms with van der Waals surface area (Å²) in [5.41, 5.74) is 5.92. The first kappa shape index (κ1) is 14.5. The van der Waals surface area contributed by atoms with Crippen LogP contribution >= 0.6 is 0 Å². The Balaban J connectivity index is 2.65. The molecule has 0 atom stereocenters. The Morgan fingerprint density at radius 1 is 1.57 bits per heavy atom. The van der Waals surface area contributed by atoms with Gasteiger partial charge in [-0.3, -0.25) is 4.57 Å². The molecule has 0 aliphatic rings. The van der Waals surface area contributed by atoms with Gasteiger partial charge in [0.25, 0.3) is 0 Å². The van der Waals surface area contributed by atoms with E-state index in [1.54, 1.807) is 19.9 Å². The van der Waals surface area contributed by atoms with E-state index < -0.39 is 11.8 Å². The molecule has 7 heteroatoms. The van der Waals surface area contributed by atoms with Gasteiger partial charge in [0.15, 0.2) is 5.69 Å². The predicted octanol–water partition coefficient (Wildman–Crippen LogP) is 1.95. The molecule has 0 aliphatic heterocycles. The number of nitrogens with zero attached hydrogens (tertiary/aromatic N) is 3. The monoisotopic (exact) mass is 288 g/mol. The van der Waals surface area contributed by atoms with Crippen molar-refractivity contribution in [1.82, 2.24) is 9.55 Å². The Bertz CT molecular complexity index is 746.